The number of hydrogen-bond acceptors (Lipinski definition) is 2. The molecular weight excluding hydrogens is 212 g/mol. The summed E-state index contributed by atoms with van der Waals surface area (Å²) in [7, 11) is 0. The zero-order valence-electron chi connectivity index (χ0n) is 11.5. The second kappa shape index (κ2) is 7.00. The Labute approximate surface area is 106 Å². The highest BCUT2D eigenvalue weighted by Crippen LogP contribution is 2.26. The minimum atomic E-state index is 0.199. The van der Waals surface area contributed by atoms with Crippen LogP contribution in [-0.2, 0) is 4.79 Å². The van der Waals surface area contributed by atoms with Crippen LogP contribution >= 0.6 is 0 Å². The summed E-state index contributed by atoms with van der Waals surface area (Å²) in [4.78, 5) is 11.7. The van der Waals surface area contributed by atoms with Crippen LogP contribution in [0, 0.1) is 11.8 Å². The van der Waals surface area contributed by atoms with Gasteiger partial charge in [0.25, 0.3) is 0 Å². The maximum atomic E-state index is 11.7. The highest BCUT2D eigenvalue weighted by Gasteiger charge is 2.20. The fraction of sp³-hybridized carbons (Fsp3) is 0.929. The molecule has 1 rings (SSSR count). The molecule has 1 aliphatic rings. The van der Waals surface area contributed by atoms with Gasteiger partial charge in [-0.05, 0) is 38.0 Å². The monoisotopic (exact) mass is 240 g/mol. The fourth-order valence-electron chi connectivity index (χ4n) is 2.42. The Kier molecular flexibility index (Phi) is 5.96. The summed E-state index contributed by atoms with van der Waals surface area (Å²) in [5, 5.41) is 3.06. The van der Waals surface area contributed by atoms with E-state index < -0.39 is 0 Å². The lowest BCUT2D eigenvalue weighted by atomic mass is 9.83. The Morgan fingerprint density at radius 1 is 1.35 bits per heavy atom. The first-order valence-corrected chi connectivity index (χ1v) is 7.04. The van der Waals surface area contributed by atoms with Crippen LogP contribution in [0.15, 0.2) is 0 Å². The first-order chi connectivity index (χ1) is 7.99. The SMILES string of the molecule is CC(C)C(C)NC(=O)CCC1CCCC(N)C1. The second-order valence-corrected chi connectivity index (χ2v) is 5.93. The summed E-state index contributed by atoms with van der Waals surface area (Å²) in [6.45, 7) is 6.33. The number of amides is 1. The van der Waals surface area contributed by atoms with Crippen LogP contribution in [0.5, 0.6) is 0 Å². The van der Waals surface area contributed by atoms with Gasteiger partial charge in [0.1, 0.15) is 0 Å². The molecule has 3 unspecified atom stereocenters. The molecule has 0 radical (unpaired) electrons. The molecule has 1 amide bonds. The highest BCUT2D eigenvalue weighted by molar-refractivity contribution is 5.76. The molecule has 1 fully saturated rings. The van der Waals surface area contributed by atoms with Gasteiger partial charge in [-0.15, -0.1) is 0 Å². The number of rotatable bonds is 5. The molecule has 3 heteroatoms. The van der Waals surface area contributed by atoms with Gasteiger partial charge in [0, 0.05) is 18.5 Å². The normalized spacial score (nSPS) is 26.9. The van der Waals surface area contributed by atoms with Crippen molar-refractivity contribution in [2.24, 2.45) is 17.6 Å². The number of nitrogens with one attached hydrogen (secondary N) is 1. The summed E-state index contributed by atoms with van der Waals surface area (Å²) >= 11 is 0. The third kappa shape index (κ3) is 5.53. The number of carbonyl (C=O) groups excluding carboxylic acids is 1. The van der Waals surface area contributed by atoms with E-state index in [-0.39, 0.29) is 11.9 Å². The maximum Gasteiger partial charge on any atom is 0.220 e. The van der Waals surface area contributed by atoms with Crippen LogP contribution in [0.25, 0.3) is 0 Å². The molecule has 3 nitrogen and oxygen atoms in total. The van der Waals surface area contributed by atoms with Crippen LogP contribution in [0.1, 0.15) is 59.3 Å². The molecule has 0 spiro atoms. The van der Waals surface area contributed by atoms with Crippen molar-refractivity contribution >= 4 is 5.91 Å². The topological polar surface area (TPSA) is 55.1 Å². The minimum Gasteiger partial charge on any atom is -0.353 e. The lowest BCUT2D eigenvalue weighted by Gasteiger charge is -2.26. The third-order valence-electron chi connectivity index (χ3n) is 3.99. The Hall–Kier alpha value is -0.570. The second-order valence-electron chi connectivity index (χ2n) is 5.93. The van der Waals surface area contributed by atoms with Crippen molar-refractivity contribution in [3.8, 4) is 0 Å². The molecule has 0 bridgehead atoms. The summed E-state index contributed by atoms with van der Waals surface area (Å²) < 4.78 is 0. The van der Waals surface area contributed by atoms with Gasteiger partial charge >= 0.3 is 0 Å². The van der Waals surface area contributed by atoms with Gasteiger partial charge in [-0.3, -0.25) is 4.79 Å². The predicted octanol–water partition coefficient (Wildman–Crippen LogP) is 2.44. The molecule has 0 heterocycles. The molecule has 100 valence electrons. The van der Waals surface area contributed by atoms with E-state index in [1.807, 2.05) is 0 Å². The smallest absolute Gasteiger partial charge is 0.220 e. The van der Waals surface area contributed by atoms with Crippen molar-refractivity contribution in [3.05, 3.63) is 0 Å². The van der Waals surface area contributed by atoms with Gasteiger partial charge in [0.15, 0.2) is 0 Å². The fourth-order valence-corrected chi connectivity index (χ4v) is 2.42. The largest absolute Gasteiger partial charge is 0.353 e. The molecule has 0 aromatic carbocycles. The first-order valence-electron chi connectivity index (χ1n) is 7.04. The Balaban J connectivity index is 2.19. The van der Waals surface area contributed by atoms with E-state index in [1.165, 1.54) is 12.8 Å². The molecule has 0 aliphatic heterocycles. The Morgan fingerprint density at radius 3 is 2.65 bits per heavy atom. The number of hydrogen-bond donors (Lipinski definition) is 2. The average Bonchev–Trinajstić information content (AvgIpc) is 2.26. The molecule has 3 N–H and O–H groups in total. The van der Waals surface area contributed by atoms with Crippen molar-refractivity contribution in [1.29, 1.82) is 0 Å². The average molecular weight is 240 g/mol. The van der Waals surface area contributed by atoms with Crippen molar-refractivity contribution in [2.45, 2.75) is 71.4 Å². The quantitative estimate of drug-likeness (QED) is 0.775. The van der Waals surface area contributed by atoms with Gasteiger partial charge in [-0.1, -0.05) is 26.7 Å². The third-order valence-corrected chi connectivity index (χ3v) is 3.99. The Morgan fingerprint density at radius 2 is 2.06 bits per heavy atom. The minimum absolute atomic E-state index is 0.199. The van der Waals surface area contributed by atoms with Crippen molar-refractivity contribution in [2.75, 3.05) is 0 Å². The zero-order valence-corrected chi connectivity index (χ0v) is 11.5. The lowest BCUT2D eigenvalue weighted by molar-refractivity contribution is -0.122. The van der Waals surface area contributed by atoms with Gasteiger partial charge in [0.2, 0.25) is 5.91 Å². The van der Waals surface area contributed by atoms with E-state index in [2.05, 4.69) is 26.1 Å². The molecule has 0 aromatic heterocycles. The van der Waals surface area contributed by atoms with Crippen LogP contribution in [0.2, 0.25) is 0 Å². The number of nitrogens with two attached hydrogens (primary N) is 1. The molecule has 1 saturated carbocycles. The summed E-state index contributed by atoms with van der Waals surface area (Å²) in [6, 6.07) is 0.641. The van der Waals surface area contributed by atoms with E-state index in [9.17, 15) is 4.79 Å². The van der Waals surface area contributed by atoms with Crippen molar-refractivity contribution < 1.29 is 4.79 Å². The van der Waals surface area contributed by atoms with E-state index in [0.29, 0.717) is 24.3 Å². The molecule has 0 aromatic rings. The highest BCUT2D eigenvalue weighted by atomic mass is 16.1. The summed E-state index contributed by atoms with van der Waals surface area (Å²) in [5.74, 6) is 1.37. The van der Waals surface area contributed by atoms with Crippen molar-refractivity contribution in [3.63, 3.8) is 0 Å². The van der Waals surface area contributed by atoms with Crippen LogP contribution in [0.4, 0.5) is 0 Å². The van der Waals surface area contributed by atoms with Gasteiger partial charge in [-0.25, -0.2) is 0 Å². The van der Waals surface area contributed by atoms with Crippen LogP contribution < -0.4 is 11.1 Å². The van der Waals surface area contributed by atoms with Gasteiger partial charge in [0.05, 0.1) is 0 Å². The standard InChI is InChI=1S/C14H28N2O/c1-10(2)11(3)16-14(17)8-7-12-5-4-6-13(15)9-12/h10-13H,4-9,15H2,1-3H3,(H,16,17). The van der Waals surface area contributed by atoms with Crippen LogP contribution in [-0.4, -0.2) is 18.0 Å². The van der Waals surface area contributed by atoms with E-state index >= 15 is 0 Å². The molecular formula is C14H28N2O. The maximum absolute atomic E-state index is 11.7. The lowest BCUT2D eigenvalue weighted by Crippen LogP contribution is -2.36. The van der Waals surface area contributed by atoms with E-state index in [0.717, 1.165) is 19.3 Å². The van der Waals surface area contributed by atoms with Crippen LogP contribution in [0.3, 0.4) is 0 Å². The van der Waals surface area contributed by atoms with E-state index in [4.69, 9.17) is 5.73 Å². The number of carbonyl (C=O) groups is 1. The van der Waals surface area contributed by atoms with Gasteiger partial charge in [-0.2, -0.15) is 0 Å². The molecule has 1 aliphatic carbocycles. The first kappa shape index (κ1) is 14.5. The van der Waals surface area contributed by atoms with Gasteiger partial charge < -0.3 is 11.1 Å². The zero-order chi connectivity index (χ0) is 12.8. The van der Waals surface area contributed by atoms with E-state index in [1.54, 1.807) is 0 Å². The summed E-state index contributed by atoms with van der Waals surface area (Å²) in [6.07, 6.45) is 6.41. The summed E-state index contributed by atoms with van der Waals surface area (Å²) in [5.41, 5.74) is 5.95. The predicted molar refractivity (Wildman–Crippen MR) is 71.6 cm³/mol. The molecule has 17 heavy (non-hydrogen) atoms. The Bertz CT molecular complexity index is 240. The van der Waals surface area contributed by atoms with Crippen molar-refractivity contribution in [1.82, 2.24) is 5.32 Å². The molecule has 3 atom stereocenters. The molecule has 0 saturated heterocycles.